The minimum Gasteiger partial charge on any atom is -0.495 e. The molecule has 2 rings (SSSR count). The average molecular weight is 319 g/mol. The molecule has 0 unspecified atom stereocenters. The van der Waals surface area contributed by atoms with Crippen LogP contribution in [-0.4, -0.2) is 19.6 Å². The maximum atomic E-state index is 12.5. The van der Waals surface area contributed by atoms with Crippen LogP contribution < -0.4 is 15.4 Å². The van der Waals surface area contributed by atoms with E-state index >= 15 is 0 Å². The van der Waals surface area contributed by atoms with E-state index in [0.717, 1.165) is 5.56 Å². The summed E-state index contributed by atoms with van der Waals surface area (Å²) >= 11 is 6.08. The highest BCUT2D eigenvalue weighted by atomic mass is 35.5. The van der Waals surface area contributed by atoms with Crippen LogP contribution in [0.15, 0.2) is 48.5 Å². The van der Waals surface area contributed by atoms with E-state index in [4.69, 9.17) is 16.3 Å². The molecule has 0 saturated heterocycles. The van der Waals surface area contributed by atoms with E-state index in [2.05, 4.69) is 10.6 Å². The summed E-state index contributed by atoms with van der Waals surface area (Å²) in [5.41, 5.74) is 1.55. The molecule has 0 heterocycles. The van der Waals surface area contributed by atoms with Gasteiger partial charge in [0.25, 0.3) is 0 Å². The predicted octanol–water partition coefficient (Wildman–Crippen LogP) is 3.64. The first-order valence-electron chi connectivity index (χ1n) is 7.08. The second-order valence-corrected chi connectivity index (χ2v) is 5.15. The lowest BCUT2D eigenvalue weighted by Crippen LogP contribution is -2.32. The Morgan fingerprint density at radius 1 is 1.23 bits per heavy atom. The number of ether oxygens (including phenoxy) is 1. The van der Waals surface area contributed by atoms with Gasteiger partial charge >= 0.3 is 0 Å². The van der Waals surface area contributed by atoms with Crippen molar-refractivity contribution in [2.75, 3.05) is 19.0 Å². The van der Waals surface area contributed by atoms with Gasteiger partial charge in [-0.05, 0) is 30.3 Å². The van der Waals surface area contributed by atoms with Crippen molar-refractivity contribution >= 4 is 23.2 Å². The van der Waals surface area contributed by atoms with Gasteiger partial charge in [-0.25, -0.2) is 0 Å². The summed E-state index contributed by atoms with van der Waals surface area (Å²) in [6, 6.07) is 14.3. The Kier molecular flexibility index (Phi) is 5.81. The van der Waals surface area contributed by atoms with Crippen molar-refractivity contribution in [3.05, 3.63) is 59.1 Å². The van der Waals surface area contributed by atoms with Gasteiger partial charge in [-0.15, -0.1) is 0 Å². The normalized spacial score (nSPS) is 11.8. The van der Waals surface area contributed by atoms with E-state index in [1.807, 2.05) is 37.3 Å². The topological polar surface area (TPSA) is 50.4 Å². The van der Waals surface area contributed by atoms with Crippen molar-refractivity contribution < 1.29 is 9.53 Å². The van der Waals surface area contributed by atoms with E-state index in [9.17, 15) is 4.79 Å². The molecular weight excluding hydrogens is 300 g/mol. The van der Waals surface area contributed by atoms with Gasteiger partial charge in [0.05, 0.1) is 12.1 Å². The molecule has 0 spiro atoms. The largest absolute Gasteiger partial charge is 0.495 e. The van der Waals surface area contributed by atoms with Crippen LogP contribution in [0.4, 0.5) is 5.69 Å². The van der Waals surface area contributed by atoms with Crippen molar-refractivity contribution in [1.82, 2.24) is 5.32 Å². The molecule has 0 radical (unpaired) electrons. The summed E-state index contributed by atoms with van der Waals surface area (Å²) in [6.07, 6.45) is 0. The minimum absolute atomic E-state index is 0.130. The number of carbonyl (C=O) groups excluding carboxylic acids is 1. The van der Waals surface area contributed by atoms with Crippen molar-refractivity contribution in [2.24, 2.45) is 0 Å². The smallest absolute Gasteiger partial charge is 0.246 e. The van der Waals surface area contributed by atoms with Crippen LogP contribution in [0.25, 0.3) is 0 Å². The van der Waals surface area contributed by atoms with Crippen molar-refractivity contribution in [2.45, 2.75) is 13.0 Å². The molecule has 2 N–H and O–H groups in total. The summed E-state index contributed by atoms with van der Waals surface area (Å²) < 4.78 is 5.10. The first kappa shape index (κ1) is 16.3. The maximum Gasteiger partial charge on any atom is 0.246 e. The molecule has 0 aliphatic carbocycles. The third kappa shape index (κ3) is 4.00. The molecule has 4 nitrogen and oxygen atoms in total. The number of amides is 1. The molecule has 0 aliphatic heterocycles. The molecule has 0 aromatic heterocycles. The van der Waals surface area contributed by atoms with Crippen LogP contribution in [0.3, 0.4) is 0 Å². The average Bonchev–Trinajstić information content (AvgIpc) is 2.53. The molecule has 2 aromatic rings. The van der Waals surface area contributed by atoms with Crippen LogP contribution in [0.2, 0.25) is 5.02 Å². The van der Waals surface area contributed by atoms with Crippen molar-refractivity contribution in [1.29, 1.82) is 0 Å². The maximum absolute atomic E-state index is 12.5. The van der Waals surface area contributed by atoms with Crippen molar-refractivity contribution in [3.8, 4) is 5.75 Å². The van der Waals surface area contributed by atoms with Crippen molar-refractivity contribution in [3.63, 3.8) is 0 Å². The zero-order chi connectivity index (χ0) is 15.9. The van der Waals surface area contributed by atoms with Crippen LogP contribution in [-0.2, 0) is 4.79 Å². The monoisotopic (exact) mass is 318 g/mol. The summed E-state index contributed by atoms with van der Waals surface area (Å²) in [5.74, 6) is 0.445. The summed E-state index contributed by atoms with van der Waals surface area (Å²) in [4.78, 5) is 12.5. The number of hydrogen-bond acceptors (Lipinski definition) is 3. The molecular formula is C17H19ClN2O2. The van der Waals surface area contributed by atoms with E-state index in [0.29, 0.717) is 23.0 Å². The van der Waals surface area contributed by atoms with E-state index in [1.165, 1.54) is 0 Å². The SMILES string of the molecule is CCN[C@@H](C(=O)Nc1ccc(OC)c(Cl)c1)c1ccccc1. The fourth-order valence-electron chi connectivity index (χ4n) is 2.17. The van der Waals surface area contributed by atoms with Gasteiger partial charge in [0.15, 0.2) is 0 Å². The molecule has 0 fully saturated rings. The number of methoxy groups -OCH3 is 1. The Hall–Kier alpha value is -2.04. The van der Waals surface area contributed by atoms with Gasteiger partial charge in [0.1, 0.15) is 11.8 Å². The fourth-order valence-corrected chi connectivity index (χ4v) is 2.43. The summed E-state index contributed by atoms with van der Waals surface area (Å²) in [5, 5.41) is 6.52. The first-order valence-corrected chi connectivity index (χ1v) is 7.46. The number of carbonyl (C=O) groups is 1. The van der Waals surface area contributed by atoms with Crippen LogP contribution in [0, 0.1) is 0 Å². The Morgan fingerprint density at radius 3 is 2.55 bits per heavy atom. The molecule has 116 valence electrons. The van der Waals surface area contributed by atoms with Gasteiger partial charge < -0.3 is 15.4 Å². The predicted molar refractivity (Wildman–Crippen MR) is 89.5 cm³/mol. The number of nitrogens with one attached hydrogen (secondary N) is 2. The molecule has 22 heavy (non-hydrogen) atoms. The molecule has 1 atom stereocenters. The summed E-state index contributed by atoms with van der Waals surface area (Å²) in [6.45, 7) is 2.66. The van der Waals surface area contributed by atoms with Crippen LogP contribution >= 0.6 is 11.6 Å². The third-order valence-corrected chi connectivity index (χ3v) is 3.52. The number of hydrogen-bond donors (Lipinski definition) is 2. The van der Waals surface area contributed by atoms with E-state index < -0.39 is 6.04 Å². The minimum atomic E-state index is -0.410. The zero-order valence-electron chi connectivity index (χ0n) is 12.6. The lowest BCUT2D eigenvalue weighted by Gasteiger charge is -2.18. The van der Waals surface area contributed by atoms with Gasteiger partial charge in [-0.1, -0.05) is 48.9 Å². The van der Waals surface area contributed by atoms with Gasteiger partial charge in [0.2, 0.25) is 5.91 Å². The molecule has 1 amide bonds. The second kappa shape index (κ2) is 7.82. The number of benzene rings is 2. The van der Waals surface area contributed by atoms with Gasteiger partial charge in [-0.2, -0.15) is 0 Å². The van der Waals surface area contributed by atoms with Crippen LogP contribution in [0.5, 0.6) is 5.75 Å². The lowest BCUT2D eigenvalue weighted by atomic mass is 10.1. The Labute approximate surface area is 135 Å². The van der Waals surface area contributed by atoms with Crippen LogP contribution in [0.1, 0.15) is 18.5 Å². The van der Waals surface area contributed by atoms with Gasteiger partial charge in [0, 0.05) is 5.69 Å². The molecule has 0 saturated carbocycles. The van der Waals surface area contributed by atoms with E-state index in [1.54, 1.807) is 25.3 Å². The highest BCUT2D eigenvalue weighted by Crippen LogP contribution is 2.27. The Morgan fingerprint density at radius 2 is 1.95 bits per heavy atom. The quantitative estimate of drug-likeness (QED) is 0.855. The highest BCUT2D eigenvalue weighted by Gasteiger charge is 2.19. The second-order valence-electron chi connectivity index (χ2n) is 4.74. The zero-order valence-corrected chi connectivity index (χ0v) is 13.4. The molecule has 2 aromatic carbocycles. The molecule has 0 bridgehead atoms. The number of rotatable bonds is 6. The molecule has 5 heteroatoms. The summed E-state index contributed by atoms with van der Waals surface area (Å²) in [7, 11) is 1.55. The highest BCUT2D eigenvalue weighted by molar-refractivity contribution is 6.32. The first-order chi connectivity index (χ1) is 10.7. The third-order valence-electron chi connectivity index (χ3n) is 3.22. The Balaban J connectivity index is 2.16. The standard InChI is InChI=1S/C17H19ClN2O2/c1-3-19-16(12-7-5-4-6-8-12)17(21)20-13-9-10-15(22-2)14(18)11-13/h4-11,16,19H,3H2,1-2H3,(H,20,21)/t16-/m1/s1. The number of anilines is 1. The van der Waals surface area contributed by atoms with Gasteiger partial charge in [-0.3, -0.25) is 4.79 Å². The van der Waals surface area contributed by atoms with E-state index in [-0.39, 0.29) is 5.91 Å². The number of halogens is 1. The fraction of sp³-hybridized carbons (Fsp3) is 0.235. The molecule has 0 aliphatic rings. The lowest BCUT2D eigenvalue weighted by molar-refractivity contribution is -0.118. The Bertz CT molecular complexity index is 632. The number of likely N-dealkylation sites (N-methyl/N-ethyl adjacent to an activating group) is 1.